The molecule has 0 radical (unpaired) electrons. The van der Waals surface area contributed by atoms with Crippen LogP contribution in [0.5, 0.6) is 0 Å². The third-order valence-corrected chi connectivity index (χ3v) is 4.25. The number of urea groups is 1. The van der Waals surface area contributed by atoms with Crippen LogP contribution in [0, 0.1) is 23.4 Å². The Morgan fingerprint density at radius 2 is 1.48 bits per heavy atom. The lowest BCUT2D eigenvalue weighted by molar-refractivity contribution is -0.121. The molecule has 5 nitrogen and oxygen atoms in total. The monoisotopic (exact) mass is 377 g/mol. The third kappa shape index (κ3) is 3.60. The van der Waals surface area contributed by atoms with Crippen molar-refractivity contribution in [3.63, 3.8) is 0 Å². The molecule has 2 aromatic carbocycles. The molecule has 0 aliphatic carbocycles. The molecule has 3 amide bonds. The number of hydrogen-bond acceptors (Lipinski definition) is 2. The summed E-state index contributed by atoms with van der Waals surface area (Å²) in [5.41, 5.74) is 0.877. The Hall–Kier alpha value is -3.03. The number of fused-ring (bicyclic) bond motifs is 1. The second kappa shape index (κ2) is 7.30. The zero-order valence-corrected chi connectivity index (χ0v) is 14.8. The van der Waals surface area contributed by atoms with Crippen LogP contribution in [0.25, 0.3) is 0 Å². The number of nitrogens with zero attached hydrogens (tertiary/aromatic N) is 2. The van der Waals surface area contributed by atoms with Crippen molar-refractivity contribution in [1.82, 2.24) is 0 Å². The van der Waals surface area contributed by atoms with Crippen LogP contribution in [0.3, 0.4) is 0 Å². The fraction of sp³-hybridized carbons (Fsp3) is 0.263. The summed E-state index contributed by atoms with van der Waals surface area (Å²) < 4.78 is 39.8. The molecule has 0 atom stereocenters. The molecule has 0 bridgehead atoms. The van der Waals surface area contributed by atoms with E-state index in [1.165, 1.54) is 4.90 Å². The van der Waals surface area contributed by atoms with Gasteiger partial charge in [0.25, 0.3) is 0 Å². The van der Waals surface area contributed by atoms with Gasteiger partial charge in [0.2, 0.25) is 5.91 Å². The third-order valence-electron chi connectivity index (χ3n) is 4.25. The van der Waals surface area contributed by atoms with Gasteiger partial charge in [0.15, 0.2) is 17.5 Å². The topological polar surface area (TPSA) is 52.7 Å². The van der Waals surface area contributed by atoms with Crippen molar-refractivity contribution < 1.29 is 22.8 Å². The second-order valence-corrected chi connectivity index (χ2v) is 6.47. The number of rotatable bonds is 2. The van der Waals surface area contributed by atoms with Crippen molar-refractivity contribution in [2.45, 2.75) is 13.8 Å². The molecule has 1 N–H and O–H groups in total. The van der Waals surface area contributed by atoms with E-state index in [4.69, 9.17) is 0 Å². The number of halogens is 3. The van der Waals surface area contributed by atoms with E-state index in [-0.39, 0.29) is 30.6 Å². The quantitative estimate of drug-likeness (QED) is 0.800. The molecule has 1 aliphatic rings. The number of benzene rings is 2. The summed E-state index contributed by atoms with van der Waals surface area (Å²) in [5.74, 6) is -4.65. The summed E-state index contributed by atoms with van der Waals surface area (Å²) in [6, 6.07) is 7.67. The van der Waals surface area contributed by atoms with Crippen LogP contribution < -0.4 is 15.1 Å². The number of para-hydroxylation sites is 2. The first-order valence-electron chi connectivity index (χ1n) is 8.43. The van der Waals surface area contributed by atoms with Crippen LogP contribution in [0.4, 0.5) is 35.0 Å². The molecular weight excluding hydrogens is 359 g/mol. The van der Waals surface area contributed by atoms with Crippen LogP contribution in [0.2, 0.25) is 0 Å². The van der Waals surface area contributed by atoms with Crippen LogP contribution in [0.1, 0.15) is 13.8 Å². The van der Waals surface area contributed by atoms with Crippen LogP contribution in [-0.4, -0.2) is 25.0 Å². The Morgan fingerprint density at radius 1 is 0.963 bits per heavy atom. The molecule has 3 rings (SSSR count). The van der Waals surface area contributed by atoms with Crippen molar-refractivity contribution >= 4 is 29.0 Å². The van der Waals surface area contributed by atoms with Crippen LogP contribution >= 0.6 is 0 Å². The predicted molar refractivity (Wildman–Crippen MR) is 96.3 cm³/mol. The maximum Gasteiger partial charge on any atom is 0.326 e. The van der Waals surface area contributed by atoms with Crippen LogP contribution in [0.15, 0.2) is 36.4 Å². The van der Waals surface area contributed by atoms with E-state index in [9.17, 15) is 22.8 Å². The van der Waals surface area contributed by atoms with Gasteiger partial charge < -0.3 is 10.2 Å². The Morgan fingerprint density at radius 3 is 2.04 bits per heavy atom. The molecule has 0 saturated carbocycles. The zero-order valence-electron chi connectivity index (χ0n) is 14.8. The molecule has 8 heteroatoms. The van der Waals surface area contributed by atoms with Crippen molar-refractivity contribution in [1.29, 1.82) is 0 Å². The van der Waals surface area contributed by atoms with Gasteiger partial charge in [0.1, 0.15) is 0 Å². The Labute approximate surface area is 154 Å². The van der Waals surface area contributed by atoms with Gasteiger partial charge in [-0.1, -0.05) is 26.0 Å². The maximum absolute atomic E-state index is 13.4. The van der Waals surface area contributed by atoms with Gasteiger partial charge in [-0.05, 0) is 12.1 Å². The van der Waals surface area contributed by atoms with Crippen LogP contribution in [-0.2, 0) is 4.79 Å². The average Bonchev–Trinajstić information content (AvgIpc) is 2.64. The van der Waals surface area contributed by atoms with Gasteiger partial charge in [-0.15, -0.1) is 0 Å². The number of nitrogens with one attached hydrogen (secondary N) is 1. The molecular formula is C19H18F3N3O2. The number of anilines is 3. The first kappa shape index (κ1) is 18.8. The first-order chi connectivity index (χ1) is 12.8. The number of carbonyl (C=O) groups excluding carboxylic acids is 2. The number of amides is 3. The van der Waals surface area contributed by atoms with Crippen molar-refractivity contribution in [2.75, 3.05) is 28.2 Å². The minimum Gasteiger partial charge on any atom is -0.308 e. The lowest BCUT2D eigenvalue weighted by atomic mass is 10.1. The van der Waals surface area contributed by atoms with Crippen molar-refractivity contribution in [3.05, 3.63) is 53.8 Å². The van der Waals surface area contributed by atoms with Gasteiger partial charge in [0.05, 0.1) is 11.4 Å². The largest absolute Gasteiger partial charge is 0.326 e. The first-order valence-corrected chi connectivity index (χ1v) is 8.43. The Balaban J connectivity index is 1.88. The average molecular weight is 377 g/mol. The molecule has 142 valence electrons. The standard InChI is InChI=1S/C19H18F3N3O2/c1-11(2)18(26)24-7-8-25(16-6-4-3-5-15(16)24)19(27)23-12-9-13(20)17(22)14(21)10-12/h3-6,9-11H,7-8H2,1-2H3,(H,23,27). The van der Waals surface area contributed by atoms with E-state index >= 15 is 0 Å². The summed E-state index contributed by atoms with van der Waals surface area (Å²) in [6.45, 7) is 4.07. The number of hydrogen-bond donors (Lipinski definition) is 1. The molecule has 0 aromatic heterocycles. The lowest BCUT2D eigenvalue weighted by Gasteiger charge is -2.37. The molecule has 0 spiro atoms. The Bertz CT molecular complexity index is 879. The predicted octanol–water partition coefficient (Wildman–Crippen LogP) is 4.15. The second-order valence-electron chi connectivity index (χ2n) is 6.47. The van der Waals surface area contributed by atoms with Gasteiger partial charge in [-0.3, -0.25) is 9.69 Å². The van der Waals surface area contributed by atoms with E-state index in [1.807, 2.05) is 0 Å². The summed E-state index contributed by atoms with van der Waals surface area (Å²) in [5, 5.41) is 2.37. The van der Waals surface area contributed by atoms with Gasteiger partial charge >= 0.3 is 6.03 Å². The minimum absolute atomic E-state index is 0.0646. The zero-order chi connectivity index (χ0) is 19.7. The van der Waals surface area contributed by atoms with Gasteiger partial charge in [-0.2, -0.15) is 0 Å². The van der Waals surface area contributed by atoms with Gasteiger partial charge in [-0.25, -0.2) is 18.0 Å². The lowest BCUT2D eigenvalue weighted by Crippen LogP contribution is -2.48. The molecule has 2 aromatic rings. The highest BCUT2D eigenvalue weighted by Gasteiger charge is 2.30. The van der Waals surface area contributed by atoms with Gasteiger partial charge in [0, 0.05) is 36.8 Å². The Kier molecular flexibility index (Phi) is 5.07. The fourth-order valence-electron chi connectivity index (χ4n) is 2.93. The highest BCUT2D eigenvalue weighted by molar-refractivity contribution is 6.08. The van der Waals surface area contributed by atoms with Crippen molar-refractivity contribution in [3.8, 4) is 0 Å². The molecule has 27 heavy (non-hydrogen) atoms. The minimum atomic E-state index is -1.60. The van der Waals surface area contributed by atoms with E-state index in [1.54, 1.807) is 43.0 Å². The number of carbonyl (C=O) groups is 2. The highest BCUT2D eigenvalue weighted by atomic mass is 19.2. The molecule has 0 fully saturated rings. The smallest absolute Gasteiger partial charge is 0.308 e. The molecule has 0 unspecified atom stereocenters. The van der Waals surface area contributed by atoms with Crippen molar-refractivity contribution in [2.24, 2.45) is 5.92 Å². The summed E-state index contributed by atoms with van der Waals surface area (Å²) in [4.78, 5) is 28.0. The SMILES string of the molecule is CC(C)C(=O)N1CCN(C(=O)Nc2cc(F)c(F)c(F)c2)c2ccccc21. The normalized spacial score (nSPS) is 13.6. The van der Waals surface area contributed by atoms with E-state index in [0.29, 0.717) is 23.5 Å². The molecule has 1 aliphatic heterocycles. The molecule has 0 saturated heterocycles. The van der Waals surface area contributed by atoms with E-state index in [0.717, 1.165) is 0 Å². The highest BCUT2D eigenvalue weighted by Crippen LogP contribution is 2.34. The molecule has 1 heterocycles. The fourth-order valence-corrected chi connectivity index (χ4v) is 2.93. The maximum atomic E-state index is 13.4. The van der Waals surface area contributed by atoms with E-state index in [2.05, 4.69) is 5.32 Å². The summed E-state index contributed by atoms with van der Waals surface area (Å²) in [6.07, 6.45) is 0. The summed E-state index contributed by atoms with van der Waals surface area (Å²) >= 11 is 0. The summed E-state index contributed by atoms with van der Waals surface area (Å²) in [7, 11) is 0. The van der Waals surface area contributed by atoms with E-state index < -0.39 is 23.5 Å².